The van der Waals surface area contributed by atoms with Crippen LogP contribution in [0.3, 0.4) is 0 Å². The van der Waals surface area contributed by atoms with Gasteiger partial charge in [-0.15, -0.1) is 0 Å². The van der Waals surface area contributed by atoms with E-state index >= 15 is 0 Å². The lowest BCUT2D eigenvalue weighted by Gasteiger charge is -2.33. The highest BCUT2D eigenvalue weighted by molar-refractivity contribution is 5.94. The monoisotopic (exact) mass is 287 g/mol. The first-order valence-electron chi connectivity index (χ1n) is 7.07. The maximum atomic E-state index is 5.46. The molecule has 0 atom stereocenters. The van der Waals surface area contributed by atoms with Crippen molar-refractivity contribution < 1.29 is 9.47 Å². The molecule has 0 aliphatic carbocycles. The van der Waals surface area contributed by atoms with Crippen LogP contribution in [0.4, 0.5) is 5.82 Å². The Morgan fingerprint density at radius 2 is 1.95 bits per heavy atom. The highest BCUT2D eigenvalue weighted by atomic mass is 16.7. The number of hydrogen-bond acceptors (Lipinski definition) is 5. The van der Waals surface area contributed by atoms with Crippen LogP contribution in [0.25, 0.3) is 10.8 Å². The Labute approximate surface area is 124 Å². The van der Waals surface area contributed by atoms with E-state index in [0.29, 0.717) is 0 Å². The van der Waals surface area contributed by atoms with E-state index in [2.05, 4.69) is 43.1 Å². The number of nitrogens with zero attached hydrogens (tertiary/aromatic N) is 2. The Hall–Kier alpha value is -2.01. The van der Waals surface area contributed by atoms with Crippen molar-refractivity contribution in [2.75, 3.05) is 32.7 Å². The first kappa shape index (κ1) is 13.9. The minimum atomic E-state index is 0.0418. The van der Waals surface area contributed by atoms with Crippen LogP contribution in [0.2, 0.25) is 0 Å². The molecule has 5 nitrogen and oxygen atoms in total. The van der Waals surface area contributed by atoms with Crippen LogP contribution in [0, 0.1) is 0 Å². The number of anilines is 1. The summed E-state index contributed by atoms with van der Waals surface area (Å²) in [6.45, 7) is 5.48. The third-order valence-electron chi connectivity index (χ3n) is 4.16. The van der Waals surface area contributed by atoms with Gasteiger partial charge in [0, 0.05) is 23.7 Å². The molecule has 0 bridgehead atoms. The fourth-order valence-electron chi connectivity index (χ4n) is 2.16. The Bertz CT molecular complexity index is 668. The molecule has 0 saturated heterocycles. The minimum absolute atomic E-state index is 0.0418. The lowest BCUT2D eigenvalue weighted by molar-refractivity contribution is 0.174. The van der Waals surface area contributed by atoms with E-state index in [-0.39, 0.29) is 12.3 Å². The lowest BCUT2D eigenvalue weighted by Crippen LogP contribution is -2.44. The molecule has 0 radical (unpaired) electrons. The smallest absolute Gasteiger partial charge is 0.231 e. The first-order valence-corrected chi connectivity index (χ1v) is 7.07. The average Bonchev–Trinajstić information content (AvgIpc) is 2.89. The molecular weight excluding hydrogens is 266 g/mol. The van der Waals surface area contributed by atoms with E-state index < -0.39 is 0 Å². The summed E-state index contributed by atoms with van der Waals surface area (Å²) >= 11 is 0. The second-order valence-corrected chi connectivity index (χ2v) is 6.15. The quantitative estimate of drug-likeness (QED) is 0.937. The van der Waals surface area contributed by atoms with Crippen molar-refractivity contribution in [2.45, 2.75) is 19.4 Å². The van der Waals surface area contributed by atoms with Gasteiger partial charge in [0.15, 0.2) is 11.5 Å². The van der Waals surface area contributed by atoms with Gasteiger partial charge in [-0.25, -0.2) is 4.98 Å². The molecule has 112 valence electrons. The summed E-state index contributed by atoms with van der Waals surface area (Å²) in [5.74, 6) is 2.46. The van der Waals surface area contributed by atoms with Crippen molar-refractivity contribution >= 4 is 16.6 Å². The van der Waals surface area contributed by atoms with Crippen LogP contribution < -0.4 is 14.8 Å². The molecule has 2 aromatic rings. The second kappa shape index (κ2) is 5.07. The molecule has 1 aromatic heterocycles. The van der Waals surface area contributed by atoms with Gasteiger partial charge in [0.25, 0.3) is 0 Å². The van der Waals surface area contributed by atoms with Crippen molar-refractivity contribution in [1.82, 2.24) is 9.88 Å². The van der Waals surface area contributed by atoms with E-state index in [1.54, 1.807) is 0 Å². The molecule has 1 aromatic carbocycles. The number of benzene rings is 1. The predicted molar refractivity (Wildman–Crippen MR) is 84.1 cm³/mol. The number of likely N-dealkylation sites (N-methyl/N-ethyl adjacent to an activating group) is 1. The molecule has 0 fully saturated rings. The Kier molecular flexibility index (Phi) is 3.37. The molecular formula is C16H21N3O2. The standard InChI is InChI=1S/C16H21N3O2/c1-16(2,19(3)4)9-18-15-12-8-14-13(20-10-21-14)7-11(12)5-6-17-15/h5-8H,9-10H2,1-4H3,(H,17,18). The zero-order valence-corrected chi connectivity index (χ0v) is 12.9. The number of fused-ring (bicyclic) bond motifs is 2. The molecule has 0 spiro atoms. The topological polar surface area (TPSA) is 46.6 Å². The average molecular weight is 287 g/mol. The fraction of sp³-hybridized carbons (Fsp3) is 0.438. The van der Waals surface area contributed by atoms with Crippen molar-refractivity contribution in [3.05, 3.63) is 24.4 Å². The number of hydrogen-bond donors (Lipinski definition) is 1. The maximum absolute atomic E-state index is 5.46. The van der Waals surface area contributed by atoms with Crippen molar-refractivity contribution in [3.63, 3.8) is 0 Å². The molecule has 21 heavy (non-hydrogen) atoms. The maximum Gasteiger partial charge on any atom is 0.231 e. The minimum Gasteiger partial charge on any atom is -0.454 e. The SMILES string of the molecule is CN(C)C(C)(C)CNc1nccc2cc3c(cc12)OCO3. The van der Waals surface area contributed by atoms with Gasteiger partial charge in [0.2, 0.25) is 6.79 Å². The third kappa shape index (κ3) is 2.61. The largest absolute Gasteiger partial charge is 0.454 e. The summed E-state index contributed by atoms with van der Waals surface area (Å²) in [5, 5.41) is 5.60. The van der Waals surface area contributed by atoms with Crippen molar-refractivity contribution in [2.24, 2.45) is 0 Å². The molecule has 0 unspecified atom stereocenters. The fourth-order valence-corrected chi connectivity index (χ4v) is 2.16. The second-order valence-electron chi connectivity index (χ2n) is 6.15. The number of aromatic nitrogens is 1. The Morgan fingerprint density at radius 1 is 1.24 bits per heavy atom. The first-order chi connectivity index (χ1) is 9.97. The molecule has 5 heteroatoms. The van der Waals surface area contributed by atoms with Gasteiger partial charge in [0.05, 0.1) is 0 Å². The third-order valence-corrected chi connectivity index (χ3v) is 4.16. The van der Waals surface area contributed by atoms with Crippen molar-refractivity contribution in [3.8, 4) is 11.5 Å². The molecule has 2 heterocycles. The van der Waals surface area contributed by atoms with Crippen LogP contribution in [0.1, 0.15) is 13.8 Å². The zero-order chi connectivity index (χ0) is 15.0. The number of pyridine rings is 1. The zero-order valence-electron chi connectivity index (χ0n) is 12.9. The highest BCUT2D eigenvalue weighted by Gasteiger charge is 2.21. The van der Waals surface area contributed by atoms with Gasteiger partial charge in [-0.05, 0) is 51.5 Å². The van der Waals surface area contributed by atoms with Gasteiger partial charge in [-0.1, -0.05) is 0 Å². The summed E-state index contributed by atoms with van der Waals surface area (Å²) in [7, 11) is 4.16. The van der Waals surface area contributed by atoms with E-state index in [9.17, 15) is 0 Å². The van der Waals surface area contributed by atoms with E-state index in [1.165, 1.54) is 0 Å². The molecule has 1 aliphatic rings. The molecule has 0 saturated carbocycles. The summed E-state index contributed by atoms with van der Waals surface area (Å²) in [6.07, 6.45) is 1.82. The Balaban J connectivity index is 1.92. The summed E-state index contributed by atoms with van der Waals surface area (Å²) in [6, 6.07) is 5.98. The van der Waals surface area contributed by atoms with Crippen LogP contribution in [-0.4, -0.2) is 42.9 Å². The van der Waals surface area contributed by atoms with E-state index in [1.807, 2.05) is 24.4 Å². The van der Waals surface area contributed by atoms with Gasteiger partial charge in [0.1, 0.15) is 5.82 Å². The molecule has 1 N–H and O–H groups in total. The van der Waals surface area contributed by atoms with Gasteiger partial charge >= 0.3 is 0 Å². The molecule has 3 rings (SSSR count). The van der Waals surface area contributed by atoms with Crippen LogP contribution >= 0.6 is 0 Å². The number of ether oxygens (including phenoxy) is 2. The predicted octanol–water partition coefficient (Wildman–Crippen LogP) is 2.72. The lowest BCUT2D eigenvalue weighted by atomic mass is 10.0. The van der Waals surface area contributed by atoms with Crippen LogP contribution in [0.15, 0.2) is 24.4 Å². The van der Waals surface area contributed by atoms with Gasteiger partial charge < -0.3 is 19.7 Å². The van der Waals surface area contributed by atoms with Crippen LogP contribution in [0.5, 0.6) is 11.5 Å². The summed E-state index contributed by atoms with van der Waals surface area (Å²) in [4.78, 5) is 6.66. The van der Waals surface area contributed by atoms with E-state index in [0.717, 1.165) is 34.6 Å². The normalized spacial score (nSPS) is 14.0. The molecule has 1 aliphatic heterocycles. The number of rotatable bonds is 4. The van der Waals surface area contributed by atoms with E-state index in [4.69, 9.17) is 9.47 Å². The van der Waals surface area contributed by atoms with Crippen LogP contribution in [-0.2, 0) is 0 Å². The molecule has 0 amide bonds. The summed E-state index contributed by atoms with van der Waals surface area (Å²) < 4.78 is 10.9. The highest BCUT2D eigenvalue weighted by Crippen LogP contribution is 2.37. The van der Waals surface area contributed by atoms with Crippen molar-refractivity contribution in [1.29, 1.82) is 0 Å². The van der Waals surface area contributed by atoms with Gasteiger partial charge in [-0.3, -0.25) is 0 Å². The number of nitrogens with one attached hydrogen (secondary N) is 1. The Morgan fingerprint density at radius 3 is 2.67 bits per heavy atom. The summed E-state index contributed by atoms with van der Waals surface area (Å²) in [5.41, 5.74) is 0.0418. The van der Waals surface area contributed by atoms with Gasteiger partial charge in [-0.2, -0.15) is 0 Å².